The summed E-state index contributed by atoms with van der Waals surface area (Å²) in [6, 6.07) is 14.2. The maximum Gasteiger partial charge on any atom is 0.141 e. The minimum atomic E-state index is 0.114. The monoisotopic (exact) mass is 325 g/mol. The van der Waals surface area contributed by atoms with Crippen LogP contribution in [0.5, 0.6) is 5.75 Å². The van der Waals surface area contributed by atoms with Crippen molar-refractivity contribution in [2.45, 2.75) is 12.5 Å². The van der Waals surface area contributed by atoms with E-state index in [1.165, 1.54) is 0 Å². The minimum Gasteiger partial charge on any atom is -0.487 e. The molecule has 0 saturated carbocycles. The van der Waals surface area contributed by atoms with E-state index in [0.717, 1.165) is 36.2 Å². The summed E-state index contributed by atoms with van der Waals surface area (Å²) in [4.78, 5) is 11.0. The van der Waals surface area contributed by atoms with Crippen LogP contribution < -0.4 is 9.64 Å². The summed E-state index contributed by atoms with van der Waals surface area (Å²) in [5.74, 6) is 1.69. The molecule has 3 heterocycles. The van der Waals surface area contributed by atoms with Gasteiger partial charge in [0, 0.05) is 36.8 Å². The highest BCUT2D eigenvalue weighted by molar-refractivity contribution is 6.31. The molecule has 1 saturated heterocycles. The Bertz CT molecular complexity index is 839. The van der Waals surface area contributed by atoms with E-state index in [2.05, 4.69) is 28.1 Å². The fourth-order valence-electron chi connectivity index (χ4n) is 2.90. The first-order valence-corrected chi connectivity index (χ1v) is 8.04. The molecule has 1 aliphatic heterocycles. The lowest BCUT2D eigenvalue weighted by atomic mass is 10.2. The van der Waals surface area contributed by atoms with Crippen molar-refractivity contribution in [3.63, 3.8) is 0 Å². The van der Waals surface area contributed by atoms with Gasteiger partial charge >= 0.3 is 0 Å². The van der Waals surface area contributed by atoms with Gasteiger partial charge in [-0.3, -0.25) is 4.98 Å². The van der Waals surface area contributed by atoms with Gasteiger partial charge in [0.25, 0.3) is 0 Å². The molecule has 0 bridgehead atoms. The number of anilines is 1. The van der Waals surface area contributed by atoms with Crippen LogP contribution in [0.25, 0.3) is 10.9 Å². The summed E-state index contributed by atoms with van der Waals surface area (Å²) in [5, 5.41) is 1.71. The number of rotatable bonds is 3. The van der Waals surface area contributed by atoms with E-state index in [-0.39, 0.29) is 6.10 Å². The molecule has 1 fully saturated rings. The van der Waals surface area contributed by atoms with E-state index < -0.39 is 0 Å². The van der Waals surface area contributed by atoms with Gasteiger partial charge in [-0.1, -0.05) is 29.8 Å². The molecular weight excluding hydrogens is 310 g/mol. The lowest BCUT2D eigenvalue weighted by molar-refractivity contribution is 0.225. The molecule has 1 atom stereocenters. The van der Waals surface area contributed by atoms with Crippen LogP contribution in [0.3, 0.4) is 0 Å². The summed E-state index contributed by atoms with van der Waals surface area (Å²) in [7, 11) is 0. The molecule has 23 heavy (non-hydrogen) atoms. The lowest BCUT2D eigenvalue weighted by Gasteiger charge is -2.18. The SMILES string of the molecule is Clc1cnccc1OC1CCN(c2ccc3ccccc3n2)C1. The van der Waals surface area contributed by atoms with Crippen LogP contribution in [0.2, 0.25) is 5.02 Å². The Morgan fingerprint density at radius 2 is 2.04 bits per heavy atom. The van der Waals surface area contributed by atoms with Gasteiger partial charge in [-0.2, -0.15) is 0 Å². The molecule has 0 amide bonds. The van der Waals surface area contributed by atoms with Crippen molar-refractivity contribution in [1.82, 2.24) is 9.97 Å². The molecule has 2 aromatic heterocycles. The summed E-state index contributed by atoms with van der Waals surface area (Å²) in [5.41, 5.74) is 1.02. The van der Waals surface area contributed by atoms with Crippen LogP contribution in [0.15, 0.2) is 54.9 Å². The van der Waals surface area contributed by atoms with Crippen LogP contribution in [0.4, 0.5) is 5.82 Å². The zero-order valence-electron chi connectivity index (χ0n) is 12.5. The van der Waals surface area contributed by atoms with Gasteiger partial charge in [0.2, 0.25) is 0 Å². The molecule has 3 aromatic rings. The first-order valence-electron chi connectivity index (χ1n) is 7.66. The molecule has 4 nitrogen and oxygen atoms in total. The molecule has 0 N–H and O–H groups in total. The molecule has 0 aliphatic carbocycles. The van der Waals surface area contributed by atoms with E-state index in [1.807, 2.05) is 18.2 Å². The standard InChI is InChI=1S/C18H16ClN3O/c19-15-11-20-9-7-17(15)23-14-8-10-22(12-14)18-6-5-13-3-1-2-4-16(13)21-18/h1-7,9,11,14H,8,10,12H2. The first-order chi connectivity index (χ1) is 11.3. The second-order valence-corrected chi connectivity index (χ2v) is 6.05. The lowest BCUT2D eigenvalue weighted by Crippen LogP contribution is -2.25. The second kappa shape index (κ2) is 6.05. The largest absolute Gasteiger partial charge is 0.487 e. The normalized spacial score (nSPS) is 17.6. The van der Waals surface area contributed by atoms with Crippen molar-refractivity contribution < 1.29 is 4.74 Å². The fraction of sp³-hybridized carbons (Fsp3) is 0.222. The molecule has 1 aliphatic rings. The van der Waals surface area contributed by atoms with Crippen molar-refractivity contribution in [3.8, 4) is 5.75 Å². The van der Waals surface area contributed by atoms with E-state index in [9.17, 15) is 0 Å². The molecule has 1 aromatic carbocycles. The van der Waals surface area contributed by atoms with Crippen molar-refractivity contribution in [1.29, 1.82) is 0 Å². The summed E-state index contributed by atoms with van der Waals surface area (Å²) in [6.07, 6.45) is 4.36. The number of nitrogens with zero attached hydrogens (tertiary/aromatic N) is 3. The van der Waals surface area contributed by atoms with Crippen molar-refractivity contribution in [2.75, 3.05) is 18.0 Å². The van der Waals surface area contributed by atoms with Gasteiger partial charge in [0.15, 0.2) is 0 Å². The summed E-state index contributed by atoms with van der Waals surface area (Å²) in [6.45, 7) is 1.74. The molecule has 0 radical (unpaired) electrons. The third kappa shape index (κ3) is 2.94. The van der Waals surface area contributed by atoms with Gasteiger partial charge in [-0.15, -0.1) is 0 Å². The summed E-state index contributed by atoms with van der Waals surface area (Å²) >= 11 is 6.11. The zero-order chi connectivity index (χ0) is 15.6. The average molecular weight is 326 g/mol. The third-order valence-corrected chi connectivity index (χ3v) is 4.37. The Morgan fingerprint density at radius 1 is 1.13 bits per heavy atom. The fourth-order valence-corrected chi connectivity index (χ4v) is 3.07. The van der Waals surface area contributed by atoms with Gasteiger partial charge in [0.05, 0.1) is 12.1 Å². The van der Waals surface area contributed by atoms with E-state index in [0.29, 0.717) is 10.8 Å². The van der Waals surface area contributed by atoms with Crippen LogP contribution in [0.1, 0.15) is 6.42 Å². The zero-order valence-corrected chi connectivity index (χ0v) is 13.3. The highest BCUT2D eigenvalue weighted by atomic mass is 35.5. The van der Waals surface area contributed by atoms with Crippen LogP contribution in [0, 0.1) is 0 Å². The van der Waals surface area contributed by atoms with Crippen LogP contribution in [-0.2, 0) is 0 Å². The third-order valence-electron chi connectivity index (χ3n) is 4.08. The number of hydrogen-bond donors (Lipinski definition) is 0. The number of fused-ring (bicyclic) bond motifs is 1. The maximum atomic E-state index is 6.11. The highest BCUT2D eigenvalue weighted by Crippen LogP contribution is 2.27. The molecule has 1 unspecified atom stereocenters. The predicted molar refractivity (Wildman–Crippen MR) is 92.2 cm³/mol. The summed E-state index contributed by atoms with van der Waals surface area (Å²) < 4.78 is 6.00. The van der Waals surface area contributed by atoms with Gasteiger partial charge in [-0.25, -0.2) is 4.98 Å². The predicted octanol–water partition coefficient (Wildman–Crippen LogP) is 3.94. The number of halogens is 1. The Labute approximate surface area is 139 Å². The Morgan fingerprint density at radius 3 is 2.96 bits per heavy atom. The number of pyridine rings is 2. The number of benzene rings is 1. The van der Waals surface area contributed by atoms with Crippen molar-refractivity contribution >= 4 is 28.3 Å². The second-order valence-electron chi connectivity index (χ2n) is 5.64. The quantitative estimate of drug-likeness (QED) is 0.731. The van der Waals surface area contributed by atoms with Gasteiger partial charge in [0.1, 0.15) is 22.7 Å². The maximum absolute atomic E-state index is 6.11. The van der Waals surface area contributed by atoms with E-state index in [1.54, 1.807) is 18.5 Å². The number of ether oxygens (including phenoxy) is 1. The molecular formula is C18H16ClN3O. The van der Waals surface area contributed by atoms with Crippen molar-refractivity contribution in [2.24, 2.45) is 0 Å². The number of para-hydroxylation sites is 1. The van der Waals surface area contributed by atoms with Crippen LogP contribution >= 0.6 is 11.6 Å². The number of aromatic nitrogens is 2. The van der Waals surface area contributed by atoms with Crippen LogP contribution in [-0.4, -0.2) is 29.2 Å². The molecule has 116 valence electrons. The average Bonchev–Trinajstić information content (AvgIpc) is 3.05. The first kappa shape index (κ1) is 14.3. The smallest absolute Gasteiger partial charge is 0.141 e. The van der Waals surface area contributed by atoms with Crippen molar-refractivity contribution in [3.05, 3.63) is 59.9 Å². The van der Waals surface area contributed by atoms with E-state index >= 15 is 0 Å². The highest BCUT2D eigenvalue weighted by Gasteiger charge is 2.25. The molecule has 5 heteroatoms. The molecule has 4 rings (SSSR count). The topological polar surface area (TPSA) is 38.2 Å². The number of hydrogen-bond acceptors (Lipinski definition) is 4. The molecule has 0 spiro atoms. The van der Waals surface area contributed by atoms with E-state index in [4.69, 9.17) is 21.3 Å². The Kier molecular flexibility index (Phi) is 3.75. The van der Waals surface area contributed by atoms with Gasteiger partial charge in [-0.05, 0) is 18.2 Å². The Balaban J connectivity index is 1.50. The Hall–Kier alpha value is -2.33. The van der Waals surface area contributed by atoms with Gasteiger partial charge < -0.3 is 9.64 Å². The minimum absolute atomic E-state index is 0.114.